The Morgan fingerprint density at radius 2 is 1.52 bits per heavy atom. The predicted molar refractivity (Wildman–Crippen MR) is 84.7 cm³/mol. The van der Waals surface area contributed by atoms with Crippen molar-refractivity contribution in [2.45, 2.75) is 39.3 Å². The Kier molecular flexibility index (Phi) is 4.93. The van der Waals surface area contributed by atoms with Gasteiger partial charge in [-0.3, -0.25) is 4.79 Å². The van der Waals surface area contributed by atoms with Gasteiger partial charge in [0.15, 0.2) is 5.78 Å². The molecule has 0 aliphatic rings. The molecule has 23 heavy (non-hydrogen) atoms. The van der Waals surface area contributed by atoms with Crippen LogP contribution in [0.5, 0.6) is 0 Å². The van der Waals surface area contributed by atoms with E-state index < -0.39 is 11.7 Å². The van der Waals surface area contributed by atoms with Gasteiger partial charge in [-0.15, -0.1) is 0 Å². The SMILES string of the molecule is Cc1cc(C)cc(C(=O)C[C@H](C)c2ccc(C(F)(F)F)cc2)c1. The second-order valence-electron chi connectivity index (χ2n) is 6.02. The highest BCUT2D eigenvalue weighted by Gasteiger charge is 2.30. The quantitative estimate of drug-likeness (QED) is 0.661. The molecule has 0 radical (unpaired) electrons. The molecule has 0 aliphatic heterocycles. The van der Waals surface area contributed by atoms with Gasteiger partial charge in [0.2, 0.25) is 0 Å². The number of hydrogen-bond acceptors (Lipinski definition) is 1. The van der Waals surface area contributed by atoms with Crippen molar-refractivity contribution in [1.82, 2.24) is 0 Å². The maximum atomic E-state index is 12.6. The third-order valence-corrected chi connectivity index (χ3v) is 3.84. The Balaban J connectivity index is 2.12. The summed E-state index contributed by atoms with van der Waals surface area (Å²) in [6.07, 6.45) is -4.06. The Hall–Kier alpha value is -2.10. The van der Waals surface area contributed by atoms with Gasteiger partial charge in [0, 0.05) is 12.0 Å². The zero-order chi connectivity index (χ0) is 17.2. The largest absolute Gasteiger partial charge is 0.416 e. The van der Waals surface area contributed by atoms with Gasteiger partial charge in [-0.2, -0.15) is 13.2 Å². The second kappa shape index (κ2) is 6.57. The van der Waals surface area contributed by atoms with Crippen molar-refractivity contribution < 1.29 is 18.0 Å². The fourth-order valence-corrected chi connectivity index (χ4v) is 2.65. The minimum Gasteiger partial charge on any atom is -0.294 e. The molecule has 122 valence electrons. The maximum Gasteiger partial charge on any atom is 0.416 e. The van der Waals surface area contributed by atoms with Crippen LogP contribution < -0.4 is 0 Å². The highest BCUT2D eigenvalue weighted by atomic mass is 19.4. The number of rotatable bonds is 4. The number of benzene rings is 2. The van der Waals surface area contributed by atoms with Crippen LogP contribution >= 0.6 is 0 Å². The van der Waals surface area contributed by atoms with Crippen LogP contribution in [0.3, 0.4) is 0 Å². The first kappa shape index (κ1) is 17.3. The molecule has 0 aliphatic carbocycles. The first-order valence-corrected chi connectivity index (χ1v) is 7.45. The molecule has 0 fully saturated rings. The van der Waals surface area contributed by atoms with E-state index in [0.717, 1.165) is 28.8 Å². The summed E-state index contributed by atoms with van der Waals surface area (Å²) in [6.45, 7) is 5.72. The molecule has 0 N–H and O–H groups in total. The highest BCUT2D eigenvalue weighted by molar-refractivity contribution is 5.96. The van der Waals surface area contributed by atoms with Gasteiger partial charge >= 0.3 is 6.18 Å². The summed E-state index contributed by atoms with van der Waals surface area (Å²) in [5.41, 5.74) is 2.76. The van der Waals surface area contributed by atoms with Gasteiger partial charge in [0.05, 0.1) is 5.56 Å². The summed E-state index contributed by atoms with van der Waals surface area (Å²) < 4.78 is 37.7. The van der Waals surface area contributed by atoms with E-state index >= 15 is 0 Å². The molecule has 2 aromatic rings. The Morgan fingerprint density at radius 1 is 1.00 bits per heavy atom. The summed E-state index contributed by atoms with van der Waals surface area (Å²) in [4.78, 5) is 12.4. The maximum absolute atomic E-state index is 12.6. The molecule has 1 atom stereocenters. The monoisotopic (exact) mass is 320 g/mol. The minimum atomic E-state index is -4.34. The molecule has 0 amide bonds. The number of Topliss-reactive ketones (excluding diaryl/α,β-unsaturated/α-hetero) is 1. The number of ketones is 1. The summed E-state index contributed by atoms with van der Waals surface area (Å²) in [5, 5.41) is 0. The van der Waals surface area contributed by atoms with Crippen molar-refractivity contribution in [2.24, 2.45) is 0 Å². The van der Waals surface area contributed by atoms with Crippen LogP contribution in [0.1, 0.15) is 51.9 Å². The van der Waals surface area contributed by atoms with E-state index in [1.54, 1.807) is 0 Å². The van der Waals surface area contributed by atoms with Gasteiger partial charge in [-0.25, -0.2) is 0 Å². The van der Waals surface area contributed by atoms with E-state index in [4.69, 9.17) is 0 Å². The van der Waals surface area contributed by atoms with Crippen LogP contribution in [0.4, 0.5) is 13.2 Å². The molecular weight excluding hydrogens is 301 g/mol. The number of alkyl halides is 3. The Bertz CT molecular complexity index is 679. The van der Waals surface area contributed by atoms with Gasteiger partial charge in [0.1, 0.15) is 0 Å². The summed E-state index contributed by atoms with van der Waals surface area (Å²) in [5.74, 6) is -0.130. The van der Waals surface area contributed by atoms with E-state index in [-0.39, 0.29) is 18.1 Å². The zero-order valence-electron chi connectivity index (χ0n) is 13.4. The van der Waals surface area contributed by atoms with Crippen LogP contribution in [0, 0.1) is 13.8 Å². The molecule has 0 unspecified atom stereocenters. The molecule has 0 saturated heterocycles. The third kappa shape index (κ3) is 4.44. The lowest BCUT2D eigenvalue weighted by molar-refractivity contribution is -0.137. The number of halogens is 3. The molecule has 0 bridgehead atoms. The Morgan fingerprint density at radius 3 is 2.00 bits per heavy atom. The zero-order valence-corrected chi connectivity index (χ0v) is 13.4. The second-order valence-corrected chi connectivity index (χ2v) is 6.02. The van der Waals surface area contributed by atoms with Crippen LogP contribution in [0.15, 0.2) is 42.5 Å². The number of aryl methyl sites for hydroxylation is 2. The van der Waals surface area contributed by atoms with Crippen molar-refractivity contribution in [3.8, 4) is 0 Å². The predicted octanol–water partition coefficient (Wildman–Crippen LogP) is 5.70. The van der Waals surface area contributed by atoms with Gasteiger partial charge in [0.25, 0.3) is 0 Å². The lowest BCUT2D eigenvalue weighted by Gasteiger charge is -2.13. The molecular formula is C19H19F3O. The molecule has 1 nitrogen and oxygen atoms in total. The first-order valence-electron chi connectivity index (χ1n) is 7.45. The van der Waals surface area contributed by atoms with Crippen LogP contribution in [0.2, 0.25) is 0 Å². The average molecular weight is 320 g/mol. The van der Waals surface area contributed by atoms with Crippen molar-refractivity contribution >= 4 is 5.78 Å². The first-order chi connectivity index (χ1) is 10.7. The number of carbonyl (C=O) groups excluding carboxylic acids is 1. The van der Waals surface area contributed by atoms with Crippen LogP contribution in [0.25, 0.3) is 0 Å². The standard InChI is InChI=1S/C19H19F3O/c1-12-8-13(2)10-16(9-12)18(23)11-14(3)15-4-6-17(7-5-15)19(20,21)22/h4-10,14H,11H2,1-3H3/t14-/m0/s1. The third-order valence-electron chi connectivity index (χ3n) is 3.84. The fourth-order valence-electron chi connectivity index (χ4n) is 2.65. The van der Waals surface area contributed by atoms with E-state index in [2.05, 4.69) is 0 Å². The average Bonchev–Trinajstić information content (AvgIpc) is 2.45. The smallest absolute Gasteiger partial charge is 0.294 e. The van der Waals surface area contributed by atoms with Crippen LogP contribution in [-0.4, -0.2) is 5.78 Å². The molecule has 0 saturated carbocycles. The highest BCUT2D eigenvalue weighted by Crippen LogP contribution is 2.31. The number of hydrogen-bond donors (Lipinski definition) is 0. The van der Waals surface area contributed by atoms with E-state index in [1.807, 2.05) is 39.0 Å². The normalized spacial score (nSPS) is 13.0. The van der Waals surface area contributed by atoms with Crippen LogP contribution in [-0.2, 0) is 6.18 Å². The summed E-state index contributed by atoms with van der Waals surface area (Å²) in [6, 6.07) is 10.7. The van der Waals surface area contributed by atoms with E-state index in [1.165, 1.54) is 12.1 Å². The molecule has 0 spiro atoms. The van der Waals surface area contributed by atoms with Crippen molar-refractivity contribution in [3.63, 3.8) is 0 Å². The minimum absolute atomic E-state index is 0.00389. The number of carbonyl (C=O) groups is 1. The van der Waals surface area contributed by atoms with Crippen molar-refractivity contribution in [3.05, 3.63) is 70.3 Å². The van der Waals surface area contributed by atoms with E-state index in [0.29, 0.717) is 5.56 Å². The van der Waals surface area contributed by atoms with E-state index in [9.17, 15) is 18.0 Å². The summed E-state index contributed by atoms with van der Waals surface area (Å²) >= 11 is 0. The van der Waals surface area contributed by atoms with Gasteiger partial charge in [-0.1, -0.05) is 36.2 Å². The molecule has 0 heterocycles. The van der Waals surface area contributed by atoms with Gasteiger partial charge in [-0.05, 0) is 49.6 Å². The topological polar surface area (TPSA) is 17.1 Å². The molecule has 2 aromatic carbocycles. The summed E-state index contributed by atoms with van der Waals surface area (Å²) in [7, 11) is 0. The van der Waals surface area contributed by atoms with Crippen molar-refractivity contribution in [1.29, 1.82) is 0 Å². The lowest BCUT2D eigenvalue weighted by Crippen LogP contribution is -2.07. The Labute approximate surface area is 134 Å². The van der Waals surface area contributed by atoms with Crippen molar-refractivity contribution in [2.75, 3.05) is 0 Å². The molecule has 0 aromatic heterocycles. The fraction of sp³-hybridized carbons (Fsp3) is 0.316. The lowest BCUT2D eigenvalue weighted by atomic mass is 9.91. The van der Waals surface area contributed by atoms with Gasteiger partial charge < -0.3 is 0 Å². The molecule has 4 heteroatoms. The molecule has 2 rings (SSSR count).